The second-order valence-corrected chi connectivity index (χ2v) is 4.71. The van der Waals surface area contributed by atoms with Gasteiger partial charge in [0.05, 0.1) is 0 Å². The van der Waals surface area contributed by atoms with Gasteiger partial charge >= 0.3 is 0 Å². The molecule has 1 aromatic rings. The quantitative estimate of drug-likeness (QED) is 0.664. The minimum Gasteiger partial charge on any atom is -0.312 e. The van der Waals surface area contributed by atoms with Crippen LogP contribution in [0, 0.1) is 5.41 Å². The van der Waals surface area contributed by atoms with Crippen molar-refractivity contribution in [1.82, 2.24) is 5.32 Å². The van der Waals surface area contributed by atoms with Crippen LogP contribution in [-0.4, -0.2) is 6.54 Å². The molecule has 1 heteroatoms. The van der Waals surface area contributed by atoms with E-state index in [0.29, 0.717) is 5.41 Å². The number of benzene rings is 1. The van der Waals surface area contributed by atoms with E-state index in [1.54, 1.807) is 0 Å². The van der Waals surface area contributed by atoms with Crippen molar-refractivity contribution in [3.05, 3.63) is 35.4 Å². The summed E-state index contributed by atoms with van der Waals surface area (Å²) < 4.78 is 0. The van der Waals surface area contributed by atoms with Crippen LogP contribution >= 0.6 is 0 Å². The molecule has 1 heterocycles. The standard InChI is InChI=1S/C12H17N.CH4/c1-12(2)7-10-5-3-4-6-11(10)8-13-9-12;/h3-6,13H,7-9H2,1-2H3;1H4. The first-order valence-electron chi connectivity index (χ1n) is 4.95. The van der Waals surface area contributed by atoms with Crippen LogP contribution in [0.25, 0.3) is 0 Å². The first kappa shape index (κ1) is 11.3. The molecule has 1 aliphatic rings. The van der Waals surface area contributed by atoms with Gasteiger partial charge in [-0.05, 0) is 23.0 Å². The zero-order chi connectivity index (χ0) is 9.31. The minimum atomic E-state index is 0. The molecule has 78 valence electrons. The summed E-state index contributed by atoms with van der Waals surface area (Å²) in [4.78, 5) is 0. The van der Waals surface area contributed by atoms with Crippen LogP contribution in [0.15, 0.2) is 24.3 Å². The molecule has 0 unspecified atom stereocenters. The summed E-state index contributed by atoms with van der Waals surface area (Å²) in [6.07, 6.45) is 1.19. The molecular weight excluding hydrogens is 170 g/mol. The van der Waals surface area contributed by atoms with E-state index in [9.17, 15) is 0 Å². The van der Waals surface area contributed by atoms with Crippen molar-refractivity contribution < 1.29 is 0 Å². The minimum absolute atomic E-state index is 0. The highest BCUT2D eigenvalue weighted by Crippen LogP contribution is 2.25. The fourth-order valence-electron chi connectivity index (χ4n) is 2.02. The van der Waals surface area contributed by atoms with Crippen LogP contribution < -0.4 is 5.32 Å². The molecule has 0 saturated heterocycles. The first-order valence-corrected chi connectivity index (χ1v) is 4.95. The molecule has 1 N–H and O–H groups in total. The molecule has 1 aromatic carbocycles. The number of hydrogen-bond acceptors (Lipinski definition) is 1. The van der Waals surface area contributed by atoms with E-state index < -0.39 is 0 Å². The zero-order valence-corrected chi connectivity index (χ0v) is 8.43. The van der Waals surface area contributed by atoms with E-state index in [-0.39, 0.29) is 7.43 Å². The van der Waals surface area contributed by atoms with E-state index in [1.807, 2.05) is 0 Å². The Morgan fingerprint density at radius 1 is 1.14 bits per heavy atom. The van der Waals surface area contributed by atoms with Crippen molar-refractivity contribution in [2.45, 2.75) is 34.2 Å². The number of hydrogen-bond donors (Lipinski definition) is 1. The number of fused-ring (bicyclic) bond motifs is 1. The highest BCUT2D eigenvalue weighted by molar-refractivity contribution is 5.29. The molecule has 0 aromatic heterocycles. The molecule has 1 aliphatic heterocycles. The smallest absolute Gasteiger partial charge is 0.0208 e. The van der Waals surface area contributed by atoms with Crippen LogP contribution in [0.2, 0.25) is 0 Å². The van der Waals surface area contributed by atoms with Crippen molar-refractivity contribution in [3.63, 3.8) is 0 Å². The molecule has 2 rings (SSSR count). The first-order chi connectivity index (χ1) is 6.17. The Hall–Kier alpha value is -0.820. The summed E-state index contributed by atoms with van der Waals surface area (Å²) in [5.74, 6) is 0. The normalized spacial score (nSPS) is 19.0. The SMILES string of the molecule is C.CC1(C)CNCc2ccccc2C1. The fourth-order valence-corrected chi connectivity index (χ4v) is 2.02. The number of rotatable bonds is 0. The van der Waals surface area contributed by atoms with Crippen molar-refractivity contribution in [2.75, 3.05) is 6.54 Å². The van der Waals surface area contributed by atoms with Gasteiger partial charge in [-0.15, -0.1) is 0 Å². The average molecular weight is 191 g/mol. The summed E-state index contributed by atoms with van der Waals surface area (Å²) in [5.41, 5.74) is 3.37. The van der Waals surface area contributed by atoms with Gasteiger partial charge in [-0.25, -0.2) is 0 Å². The Bertz CT molecular complexity index is 302. The predicted octanol–water partition coefficient (Wildman–Crippen LogP) is 2.99. The second kappa shape index (κ2) is 4.14. The van der Waals surface area contributed by atoms with Crippen LogP contribution in [0.4, 0.5) is 0 Å². The Kier molecular flexibility index (Phi) is 3.33. The highest BCUT2D eigenvalue weighted by atomic mass is 14.9. The summed E-state index contributed by atoms with van der Waals surface area (Å²) in [7, 11) is 0. The van der Waals surface area contributed by atoms with E-state index >= 15 is 0 Å². The average Bonchev–Trinajstić information content (AvgIpc) is 2.21. The summed E-state index contributed by atoms with van der Waals surface area (Å²) in [6.45, 7) is 6.78. The maximum atomic E-state index is 3.49. The summed E-state index contributed by atoms with van der Waals surface area (Å²) >= 11 is 0. The Balaban J connectivity index is 0.000000980. The van der Waals surface area contributed by atoms with E-state index in [4.69, 9.17) is 0 Å². The molecular formula is C13H21N. The van der Waals surface area contributed by atoms with Gasteiger partial charge < -0.3 is 5.32 Å². The molecule has 1 nitrogen and oxygen atoms in total. The van der Waals surface area contributed by atoms with Gasteiger partial charge in [0.2, 0.25) is 0 Å². The predicted molar refractivity (Wildman–Crippen MR) is 62.4 cm³/mol. The summed E-state index contributed by atoms with van der Waals surface area (Å²) in [5, 5.41) is 3.49. The molecule has 0 radical (unpaired) electrons. The van der Waals surface area contributed by atoms with Gasteiger partial charge in [-0.3, -0.25) is 0 Å². The summed E-state index contributed by atoms with van der Waals surface area (Å²) in [6, 6.07) is 8.74. The maximum Gasteiger partial charge on any atom is 0.0208 e. The Morgan fingerprint density at radius 3 is 2.50 bits per heavy atom. The lowest BCUT2D eigenvalue weighted by molar-refractivity contribution is 0.349. The van der Waals surface area contributed by atoms with Crippen LogP contribution in [0.1, 0.15) is 32.4 Å². The molecule has 0 atom stereocenters. The monoisotopic (exact) mass is 191 g/mol. The molecule has 0 bridgehead atoms. The third kappa shape index (κ3) is 2.36. The van der Waals surface area contributed by atoms with E-state index in [2.05, 4.69) is 43.4 Å². The highest BCUT2D eigenvalue weighted by Gasteiger charge is 2.22. The second-order valence-electron chi connectivity index (χ2n) is 4.71. The molecule has 0 aliphatic carbocycles. The largest absolute Gasteiger partial charge is 0.312 e. The van der Waals surface area contributed by atoms with Gasteiger partial charge in [-0.2, -0.15) is 0 Å². The van der Waals surface area contributed by atoms with Crippen molar-refractivity contribution >= 4 is 0 Å². The van der Waals surface area contributed by atoms with E-state index in [0.717, 1.165) is 13.1 Å². The van der Waals surface area contributed by atoms with Crippen molar-refractivity contribution in [3.8, 4) is 0 Å². The Labute approximate surface area is 87.5 Å². The molecule has 0 fully saturated rings. The molecule has 14 heavy (non-hydrogen) atoms. The van der Waals surface area contributed by atoms with Gasteiger partial charge in [0.25, 0.3) is 0 Å². The Morgan fingerprint density at radius 2 is 1.79 bits per heavy atom. The lowest BCUT2D eigenvalue weighted by Crippen LogP contribution is -2.27. The van der Waals surface area contributed by atoms with Gasteiger partial charge in [0.1, 0.15) is 0 Å². The molecule has 0 amide bonds. The lowest BCUT2D eigenvalue weighted by atomic mass is 9.86. The van der Waals surface area contributed by atoms with E-state index in [1.165, 1.54) is 17.5 Å². The maximum absolute atomic E-state index is 3.49. The van der Waals surface area contributed by atoms with Gasteiger partial charge in [0, 0.05) is 13.1 Å². The van der Waals surface area contributed by atoms with Crippen LogP contribution in [0.5, 0.6) is 0 Å². The van der Waals surface area contributed by atoms with Crippen LogP contribution in [0.3, 0.4) is 0 Å². The topological polar surface area (TPSA) is 12.0 Å². The van der Waals surface area contributed by atoms with Crippen LogP contribution in [-0.2, 0) is 13.0 Å². The van der Waals surface area contributed by atoms with Crippen molar-refractivity contribution in [1.29, 1.82) is 0 Å². The zero-order valence-electron chi connectivity index (χ0n) is 8.43. The van der Waals surface area contributed by atoms with Gasteiger partial charge in [-0.1, -0.05) is 45.5 Å². The number of nitrogens with one attached hydrogen (secondary N) is 1. The molecule has 0 spiro atoms. The third-order valence-electron chi connectivity index (χ3n) is 2.71. The van der Waals surface area contributed by atoms with Gasteiger partial charge in [0.15, 0.2) is 0 Å². The van der Waals surface area contributed by atoms with Crippen molar-refractivity contribution in [2.24, 2.45) is 5.41 Å². The third-order valence-corrected chi connectivity index (χ3v) is 2.71. The lowest BCUT2D eigenvalue weighted by Gasteiger charge is -2.22. The molecule has 0 saturated carbocycles. The fraction of sp³-hybridized carbons (Fsp3) is 0.538.